The van der Waals surface area contributed by atoms with Crippen LogP contribution in [-0.2, 0) is 4.79 Å². The summed E-state index contributed by atoms with van der Waals surface area (Å²) >= 11 is 0. The van der Waals surface area contributed by atoms with E-state index in [4.69, 9.17) is 4.98 Å². The van der Waals surface area contributed by atoms with E-state index >= 15 is 0 Å². The summed E-state index contributed by atoms with van der Waals surface area (Å²) in [6.45, 7) is 8.91. The third kappa shape index (κ3) is 5.21. The molecule has 10 heteroatoms. The molecule has 0 spiro atoms. The van der Waals surface area contributed by atoms with Crippen LogP contribution in [0.4, 0.5) is 17.2 Å². The number of rotatable bonds is 6. The van der Waals surface area contributed by atoms with Crippen molar-refractivity contribution < 1.29 is 9.59 Å². The molecule has 3 heterocycles. The van der Waals surface area contributed by atoms with E-state index in [0.717, 1.165) is 54.6 Å². The van der Waals surface area contributed by atoms with E-state index in [0.29, 0.717) is 16.9 Å². The molecule has 0 saturated carbocycles. The summed E-state index contributed by atoms with van der Waals surface area (Å²) in [4.78, 5) is 42.4. The summed E-state index contributed by atoms with van der Waals surface area (Å²) in [5.74, 6) is 1.29. The van der Waals surface area contributed by atoms with Crippen molar-refractivity contribution in [3.8, 4) is 11.4 Å². The number of fused-ring (bicyclic) bond motifs is 1. The average Bonchev–Trinajstić information content (AvgIpc) is 3.31. The van der Waals surface area contributed by atoms with Gasteiger partial charge in [0, 0.05) is 61.6 Å². The molecule has 10 nitrogen and oxygen atoms in total. The Labute approximate surface area is 221 Å². The fourth-order valence-electron chi connectivity index (χ4n) is 4.62. The normalized spacial score (nSPS) is 14.2. The Morgan fingerprint density at radius 1 is 0.895 bits per heavy atom. The van der Waals surface area contributed by atoms with Crippen LogP contribution < -0.4 is 10.6 Å². The van der Waals surface area contributed by atoms with Crippen LogP contribution >= 0.6 is 0 Å². The second-order valence-corrected chi connectivity index (χ2v) is 9.85. The summed E-state index contributed by atoms with van der Waals surface area (Å²) in [7, 11) is 2.08. The fraction of sp³-hybridized carbons (Fsp3) is 0.321. The van der Waals surface area contributed by atoms with E-state index in [9.17, 15) is 9.59 Å². The predicted octanol–water partition coefficient (Wildman–Crippen LogP) is 4.16. The van der Waals surface area contributed by atoms with Crippen molar-refractivity contribution in [2.75, 3.05) is 43.9 Å². The number of amides is 2. The predicted molar refractivity (Wildman–Crippen MR) is 149 cm³/mol. The molecule has 5 rings (SSSR count). The van der Waals surface area contributed by atoms with E-state index in [-0.39, 0.29) is 17.9 Å². The molecule has 1 fully saturated rings. The molecule has 2 aromatic carbocycles. The van der Waals surface area contributed by atoms with Crippen LogP contribution in [0.25, 0.3) is 22.6 Å². The standard InChI is InChI=1S/C28H32N8O2/c1-18(2)36-26(20-5-7-21(8-6-20)28(38)35-15-13-34(4)14-16-35)33-24-25(29-17-30-27(24)36)32-23-11-9-22(10-12-23)31-19(3)37/h5-12,17-18H,13-16H2,1-4H3,(H,31,37)(H,29,30,32). The van der Waals surface area contributed by atoms with Crippen molar-refractivity contribution in [2.24, 2.45) is 0 Å². The summed E-state index contributed by atoms with van der Waals surface area (Å²) in [5, 5.41) is 6.09. The second-order valence-electron chi connectivity index (χ2n) is 9.85. The van der Waals surface area contributed by atoms with Gasteiger partial charge in [-0.3, -0.25) is 9.59 Å². The van der Waals surface area contributed by atoms with Gasteiger partial charge < -0.3 is 25.0 Å². The number of carbonyl (C=O) groups excluding carboxylic acids is 2. The number of imidazole rings is 1. The molecule has 0 atom stereocenters. The van der Waals surface area contributed by atoms with Crippen LogP contribution in [-0.4, -0.2) is 74.4 Å². The van der Waals surface area contributed by atoms with E-state index in [1.165, 1.54) is 13.3 Å². The van der Waals surface area contributed by atoms with E-state index < -0.39 is 0 Å². The number of piperazine rings is 1. The van der Waals surface area contributed by atoms with Crippen molar-refractivity contribution in [1.82, 2.24) is 29.3 Å². The first-order valence-electron chi connectivity index (χ1n) is 12.8. The minimum atomic E-state index is -0.119. The Kier molecular flexibility index (Phi) is 7.06. The van der Waals surface area contributed by atoms with Gasteiger partial charge in [0.15, 0.2) is 17.0 Å². The van der Waals surface area contributed by atoms with Crippen LogP contribution in [0.2, 0.25) is 0 Å². The molecule has 0 bridgehead atoms. The number of nitrogens with one attached hydrogen (secondary N) is 2. The zero-order valence-corrected chi connectivity index (χ0v) is 22.1. The van der Waals surface area contributed by atoms with Gasteiger partial charge >= 0.3 is 0 Å². The quantitative estimate of drug-likeness (QED) is 0.399. The molecule has 0 aliphatic carbocycles. The van der Waals surface area contributed by atoms with Crippen molar-refractivity contribution in [3.05, 3.63) is 60.4 Å². The Morgan fingerprint density at radius 3 is 2.18 bits per heavy atom. The molecule has 196 valence electrons. The number of nitrogens with zero attached hydrogens (tertiary/aromatic N) is 6. The highest BCUT2D eigenvalue weighted by Crippen LogP contribution is 2.31. The van der Waals surface area contributed by atoms with Gasteiger partial charge in [-0.25, -0.2) is 15.0 Å². The molecule has 2 N–H and O–H groups in total. The topological polar surface area (TPSA) is 108 Å². The maximum atomic E-state index is 13.0. The number of likely N-dealkylation sites (N-methyl/N-ethyl adjacent to an activating group) is 1. The molecule has 2 amide bonds. The number of anilines is 3. The van der Waals surface area contributed by atoms with E-state index in [1.54, 1.807) is 0 Å². The van der Waals surface area contributed by atoms with Crippen LogP contribution in [0.1, 0.15) is 37.2 Å². The maximum Gasteiger partial charge on any atom is 0.253 e. The highest BCUT2D eigenvalue weighted by molar-refractivity contribution is 5.95. The molecule has 0 unspecified atom stereocenters. The molecule has 1 aliphatic rings. The lowest BCUT2D eigenvalue weighted by Crippen LogP contribution is -2.47. The summed E-state index contributed by atoms with van der Waals surface area (Å²) in [6, 6.07) is 15.1. The minimum absolute atomic E-state index is 0.0592. The minimum Gasteiger partial charge on any atom is -0.338 e. The third-order valence-corrected chi connectivity index (χ3v) is 6.64. The van der Waals surface area contributed by atoms with Gasteiger partial charge in [0.1, 0.15) is 12.2 Å². The first-order chi connectivity index (χ1) is 18.3. The lowest BCUT2D eigenvalue weighted by molar-refractivity contribution is -0.114. The van der Waals surface area contributed by atoms with Crippen LogP contribution in [0.5, 0.6) is 0 Å². The molecule has 1 aliphatic heterocycles. The van der Waals surface area contributed by atoms with Crippen LogP contribution in [0.3, 0.4) is 0 Å². The van der Waals surface area contributed by atoms with Gasteiger partial charge in [0.25, 0.3) is 5.91 Å². The van der Waals surface area contributed by atoms with Gasteiger partial charge in [0.2, 0.25) is 5.91 Å². The lowest BCUT2D eigenvalue weighted by Gasteiger charge is -2.32. The Hall–Kier alpha value is -4.31. The molecule has 0 radical (unpaired) electrons. The lowest BCUT2D eigenvalue weighted by atomic mass is 10.1. The highest BCUT2D eigenvalue weighted by Gasteiger charge is 2.22. The van der Waals surface area contributed by atoms with Crippen LogP contribution in [0.15, 0.2) is 54.9 Å². The summed E-state index contributed by atoms with van der Waals surface area (Å²) < 4.78 is 2.08. The molecule has 4 aromatic rings. The highest BCUT2D eigenvalue weighted by atomic mass is 16.2. The summed E-state index contributed by atoms with van der Waals surface area (Å²) in [5.41, 5.74) is 4.48. The number of hydrogen-bond donors (Lipinski definition) is 2. The van der Waals surface area contributed by atoms with E-state index in [2.05, 4.69) is 51.0 Å². The molecule has 1 saturated heterocycles. The smallest absolute Gasteiger partial charge is 0.253 e. The number of hydrogen-bond acceptors (Lipinski definition) is 7. The zero-order chi connectivity index (χ0) is 26.8. The Morgan fingerprint density at radius 2 is 1.55 bits per heavy atom. The molecular weight excluding hydrogens is 480 g/mol. The van der Waals surface area contributed by atoms with Crippen molar-refractivity contribution in [1.29, 1.82) is 0 Å². The van der Waals surface area contributed by atoms with Gasteiger partial charge in [-0.1, -0.05) is 12.1 Å². The maximum absolute atomic E-state index is 13.0. The SMILES string of the molecule is CC(=O)Nc1ccc(Nc2ncnc3c2nc(-c2ccc(C(=O)N4CCN(C)CC4)cc2)n3C(C)C)cc1. The number of aromatic nitrogens is 4. The largest absolute Gasteiger partial charge is 0.338 e. The second kappa shape index (κ2) is 10.6. The van der Waals surface area contributed by atoms with Gasteiger partial charge in [-0.2, -0.15) is 0 Å². The number of benzene rings is 2. The third-order valence-electron chi connectivity index (χ3n) is 6.64. The number of carbonyl (C=O) groups is 2. The summed E-state index contributed by atoms with van der Waals surface area (Å²) in [6.07, 6.45) is 1.53. The zero-order valence-electron chi connectivity index (χ0n) is 22.1. The average molecular weight is 513 g/mol. The first kappa shape index (κ1) is 25.3. The van der Waals surface area contributed by atoms with Gasteiger partial charge in [-0.05, 0) is 57.3 Å². The van der Waals surface area contributed by atoms with Crippen molar-refractivity contribution in [3.63, 3.8) is 0 Å². The monoisotopic (exact) mass is 512 g/mol. The fourth-order valence-corrected chi connectivity index (χ4v) is 4.62. The molecule has 38 heavy (non-hydrogen) atoms. The first-order valence-corrected chi connectivity index (χ1v) is 12.8. The molecular formula is C28H32N8O2. The van der Waals surface area contributed by atoms with E-state index in [1.807, 2.05) is 53.4 Å². The van der Waals surface area contributed by atoms with Gasteiger partial charge in [-0.15, -0.1) is 0 Å². The Bertz CT molecular complexity index is 1450. The van der Waals surface area contributed by atoms with Crippen LogP contribution in [0, 0.1) is 0 Å². The Balaban J connectivity index is 1.44. The van der Waals surface area contributed by atoms with Crippen molar-refractivity contribution in [2.45, 2.75) is 26.8 Å². The molecule has 2 aromatic heterocycles. The van der Waals surface area contributed by atoms with Gasteiger partial charge in [0.05, 0.1) is 0 Å². The van der Waals surface area contributed by atoms with Crippen molar-refractivity contribution >= 4 is 40.2 Å².